The average molecular weight is 292 g/mol. The molecule has 7 nitrogen and oxygen atoms in total. The number of amides is 1. The van der Waals surface area contributed by atoms with E-state index in [1.165, 1.54) is 6.07 Å². The number of carbonyl (C=O) groups is 1. The van der Waals surface area contributed by atoms with Gasteiger partial charge in [-0.25, -0.2) is 0 Å². The van der Waals surface area contributed by atoms with Gasteiger partial charge < -0.3 is 16.0 Å². The summed E-state index contributed by atoms with van der Waals surface area (Å²) < 4.78 is 0. The molecule has 21 heavy (non-hydrogen) atoms. The van der Waals surface area contributed by atoms with E-state index in [1.54, 1.807) is 19.1 Å². The maximum absolute atomic E-state index is 11.8. The molecule has 1 unspecified atom stereocenters. The third-order valence-corrected chi connectivity index (χ3v) is 3.73. The Hall–Kier alpha value is -2.15. The lowest BCUT2D eigenvalue weighted by atomic mass is 10.1. The first-order valence-corrected chi connectivity index (χ1v) is 7.08. The highest BCUT2D eigenvalue weighted by Crippen LogP contribution is 2.32. The second kappa shape index (κ2) is 6.53. The van der Waals surface area contributed by atoms with Crippen LogP contribution in [0.3, 0.4) is 0 Å². The Kier molecular flexibility index (Phi) is 4.74. The largest absolute Gasteiger partial charge is 0.366 e. The van der Waals surface area contributed by atoms with Crippen molar-refractivity contribution in [2.75, 3.05) is 31.1 Å². The van der Waals surface area contributed by atoms with E-state index in [-0.39, 0.29) is 11.6 Å². The number of nitro benzene ring substituents is 1. The Morgan fingerprint density at radius 1 is 1.57 bits per heavy atom. The highest BCUT2D eigenvalue weighted by atomic mass is 16.6. The van der Waals surface area contributed by atoms with Crippen LogP contribution in [0.15, 0.2) is 18.2 Å². The molecule has 1 aliphatic heterocycles. The van der Waals surface area contributed by atoms with Crippen LogP contribution in [-0.4, -0.2) is 37.0 Å². The molecule has 2 rings (SSSR count). The summed E-state index contributed by atoms with van der Waals surface area (Å²) >= 11 is 0. The van der Waals surface area contributed by atoms with E-state index in [1.807, 2.05) is 4.90 Å². The number of anilines is 1. The van der Waals surface area contributed by atoms with Crippen LogP contribution in [0.5, 0.6) is 0 Å². The second-order valence-electron chi connectivity index (χ2n) is 5.16. The molecular formula is C14H20N4O3. The summed E-state index contributed by atoms with van der Waals surface area (Å²) in [5.41, 5.74) is 6.49. The van der Waals surface area contributed by atoms with Gasteiger partial charge in [0.25, 0.3) is 11.6 Å². The molecule has 1 saturated heterocycles. The van der Waals surface area contributed by atoms with Gasteiger partial charge in [0.05, 0.1) is 4.92 Å². The monoisotopic (exact) mass is 292 g/mol. The zero-order valence-corrected chi connectivity index (χ0v) is 12.0. The Labute approximate surface area is 123 Å². The number of nitro groups is 1. The van der Waals surface area contributed by atoms with Gasteiger partial charge in [0.15, 0.2) is 0 Å². The predicted octanol–water partition coefficient (Wildman–Crippen LogP) is 1.13. The molecule has 1 aromatic rings. The molecule has 114 valence electrons. The third kappa shape index (κ3) is 3.30. The van der Waals surface area contributed by atoms with E-state index in [0.29, 0.717) is 30.3 Å². The summed E-state index contributed by atoms with van der Waals surface area (Å²) in [5.74, 6) is 0.0704. The summed E-state index contributed by atoms with van der Waals surface area (Å²) in [5, 5.41) is 13.9. The van der Waals surface area contributed by atoms with Crippen LogP contribution >= 0.6 is 0 Å². The van der Waals surface area contributed by atoms with Gasteiger partial charge in [0, 0.05) is 31.3 Å². The van der Waals surface area contributed by atoms with Gasteiger partial charge >= 0.3 is 0 Å². The topological polar surface area (TPSA) is 102 Å². The molecule has 0 bridgehead atoms. The van der Waals surface area contributed by atoms with Crippen molar-refractivity contribution >= 4 is 17.3 Å². The van der Waals surface area contributed by atoms with Crippen LogP contribution in [0, 0.1) is 16.0 Å². The van der Waals surface area contributed by atoms with Gasteiger partial charge in [-0.2, -0.15) is 0 Å². The van der Waals surface area contributed by atoms with Crippen LogP contribution < -0.4 is 16.0 Å². The van der Waals surface area contributed by atoms with E-state index in [2.05, 4.69) is 5.32 Å². The van der Waals surface area contributed by atoms with E-state index in [4.69, 9.17) is 5.73 Å². The molecule has 0 saturated carbocycles. The fourth-order valence-corrected chi connectivity index (χ4v) is 2.58. The first-order chi connectivity index (χ1) is 10.1. The lowest BCUT2D eigenvalue weighted by molar-refractivity contribution is -0.384. The average Bonchev–Trinajstić information content (AvgIpc) is 2.95. The summed E-state index contributed by atoms with van der Waals surface area (Å²) in [6.07, 6.45) is 0.936. The van der Waals surface area contributed by atoms with Crippen LogP contribution in [0.4, 0.5) is 11.4 Å². The second-order valence-corrected chi connectivity index (χ2v) is 5.16. The van der Waals surface area contributed by atoms with Crippen LogP contribution in [-0.2, 0) is 0 Å². The lowest BCUT2D eigenvalue weighted by Gasteiger charge is -2.18. The minimum atomic E-state index is -0.437. The summed E-state index contributed by atoms with van der Waals surface area (Å²) in [6.45, 7) is 4.35. The number of nitrogens with one attached hydrogen (secondary N) is 1. The SMILES string of the molecule is CCNC(=O)c1ccc(N2CCC(CN)C2)c([N+](=O)[O-])c1. The summed E-state index contributed by atoms with van der Waals surface area (Å²) in [4.78, 5) is 24.6. The van der Waals surface area contributed by atoms with Crippen molar-refractivity contribution in [1.82, 2.24) is 5.32 Å². The highest BCUT2D eigenvalue weighted by Gasteiger charge is 2.27. The van der Waals surface area contributed by atoms with Crippen molar-refractivity contribution in [3.8, 4) is 0 Å². The molecule has 1 atom stereocenters. The number of hydrogen-bond donors (Lipinski definition) is 2. The molecule has 1 aliphatic rings. The Bertz CT molecular complexity index is 547. The molecule has 1 aromatic carbocycles. The number of nitrogens with two attached hydrogens (primary N) is 1. The minimum absolute atomic E-state index is 0.0311. The van der Waals surface area contributed by atoms with E-state index >= 15 is 0 Å². The van der Waals surface area contributed by atoms with Crippen molar-refractivity contribution in [3.63, 3.8) is 0 Å². The van der Waals surface area contributed by atoms with Crippen molar-refractivity contribution in [1.29, 1.82) is 0 Å². The molecule has 1 amide bonds. The van der Waals surface area contributed by atoms with E-state index in [9.17, 15) is 14.9 Å². The number of carbonyl (C=O) groups excluding carboxylic acids is 1. The quantitative estimate of drug-likeness (QED) is 0.625. The molecular weight excluding hydrogens is 272 g/mol. The van der Waals surface area contributed by atoms with Gasteiger partial charge in [0.2, 0.25) is 0 Å². The lowest BCUT2D eigenvalue weighted by Crippen LogP contribution is -2.25. The maximum Gasteiger partial charge on any atom is 0.293 e. The number of rotatable bonds is 5. The van der Waals surface area contributed by atoms with Gasteiger partial charge in [0.1, 0.15) is 5.69 Å². The number of hydrogen-bond acceptors (Lipinski definition) is 5. The normalized spacial score (nSPS) is 17.8. The fourth-order valence-electron chi connectivity index (χ4n) is 2.58. The molecule has 7 heteroatoms. The summed E-state index contributed by atoms with van der Waals surface area (Å²) in [6, 6.07) is 4.63. The number of benzene rings is 1. The van der Waals surface area contributed by atoms with Crippen LogP contribution in [0.1, 0.15) is 23.7 Å². The minimum Gasteiger partial charge on any atom is -0.366 e. The maximum atomic E-state index is 11.8. The zero-order chi connectivity index (χ0) is 15.4. The van der Waals surface area contributed by atoms with Gasteiger partial charge in [-0.15, -0.1) is 0 Å². The zero-order valence-electron chi connectivity index (χ0n) is 12.0. The van der Waals surface area contributed by atoms with Gasteiger partial charge in [-0.05, 0) is 37.9 Å². The van der Waals surface area contributed by atoms with E-state index in [0.717, 1.165) is 19.5 Å². The Morgan fingerprint density at radius 2 is 2.33 bits per heavy atom. The van der Waals surface area contributed by atoms with E-state index < -0.39 is 4.92 Å². The molecule has 3 N–H and O–H groups in total. The highest BCUT2D eigenvalue weighted by molar-refractivity contribution is 5.95. The van der Waals surface area contributed by atoms with Crippen molar-refractivity contribution < 1.29 is 9.72 Å². The predicted molar refractivity (Wildman–Crippen MR) is 80.5 cm³/mol. The first kappa shape index (κ1) is 15.2. The molecule has 0 spiro atoms. The molecule has 1 fully saturated rings. The van der Waals surface area contributed by atoms with Gasteiger partial charge in [-0.3, -0.25) is 14.9 Å². The van der Waals surface area contributed by atoms with Crippen molar-refractivity contribution in [3.05, 3.63) is 33.9 Å². The molecule has 0 aromatic heterocycles. The Balaban J connectivity index is 2.30. The summed E-state index contributed by atoms with van der Waals surface area (Å²) in [7, 11) is 0. The smallest absolute Gasteiger partial charge is 0.293 e. The van der Waals surface area contributed by atoms with Gasteiger partial charge in [-0.1, -0.05) is 0 Å². The molecule has 0 aliphatic carbocycles. The molecule has 0 radical (unpaired) electrons. The third-order valence-electron chi connectivity index (χ3n) is 3.73. The molecule has 1 heterocycles. The number of nitrogens with zero attached hydrogens (tertiary/aromatic N) is 2. The Morgan fingerprint density at radius 3 is 2.90 bits per heavy atom. The van der Waals surface area contributed by atoms with Crippen LogP contribution in [0.2, 0.25) is 0 Å². The van der Waals surface area contributed by atoms with Crippen molar-refractivity contribution in [2.45, 2.75) is 13.3 Å². The standard InChI is InChI=1S/C14H20N4O3/c1-2-16-14(19)11-3-4-12(13(7-11)18(20)21)17-6-5-10(8-15)9-17/h3-4,7,10H,2,5-6,8-9,15H2,1H3,(H,16,19). The fraction of sp³-hybridized carbons (Fsp3) is 0.500. The van der Waals surface area contributed by atoms with Crippen LogP contribution in [0.25, 0.3) is 0 Å². The first-order valence-electron chi connectivity index (χ1n) is 7.08. The van der Waals surface area contributed by atoms with Crippen molar-refractivity contribution in [2.24, 2.45) is 11.7 Å².